The molecule has 0 saturated carbocycles. The zero-order valence-electron chi connectivity index (χ0n) is 14.0. The van der Waals surface area contributed by atoms with Gasteiger partial charge in [-0.05, 0) is 37.3 Å². The number of hydrogen-bond acceptors (Lipinski definition) is 7. The van der Waals surface area contributed by atoms with Gasteiger partial charge in [-0.15, -0.1) is 0 Å². The first-order valence-corrected chi connectivity index (χ1v) is 7.52. The van der Waals surface area contributed by atoms with E-state index in [1.165, 1.54) is 6.26 Å². The highest BCUT2D eigenvalue weighted by atomic mass is 16.5. The van der Waals surface area contributed by atoms with E-state index in [4.69, 9.17) is 18.4 Å². The Hall–Kier alpha value is -3.29. The molecule has 0 radical (unpaired) electrons. The molecule has 0 aliphatic rings. The molecule has 3 rings (SSSR count). The van der Waals surface area contributed by atoms with Crippen molar-refractivity contribution in [3.05, 3.63) is 48.2 Å². The van der Waals surface area contributed by atoms with Crippen LogP contribution in [0.3, 0.4) is 0 Å². The van der Waals surface area contributed by atoms with Crippen molar-refractivity contribution in [3.8, 4) is 22.9 Å². The van der Waals surface area contributed by atoms with Crippen LogP contribution in [-0.2, 0) is 0 Å². The molecule has 8 nitrogen and oxygen atoms in total. The highest BCUT2D eigenvalue weighted by Gasteiger charge is 2.20. The summed E-state index contributed by atoms with van der Waals surface area (Å²) in [6, 6.07) is 8.04. The summed E-state index contributed by atoms with van der Waals surface area (Å²) >= 11 is 0. The Labute approximate surface area is 143 Å². The summed E-state index contributed by atoms with van der Waals surface area (Å²) < 4.78 is 20.8. The molecule has 8 heteroatoms. The second-order valence-electron chi connectivity index (χ2n) is 5.20. The Balaban J connectivity index is 1.77. The van der Waals surface area contributed by atoms with Crippen LogP contribution >= 0.6 is 0 Å². The van der Waals surface area contributed by atoms with Gasteiger partial charge >= 0.3 is 0 Å². The van der Waals surface area contributed by atoms with Crippen molar-refractivity contribution >= 4 is 5.91 Å². The molecule has 0 saturated heterocycles. The van der Waals surface area contributed by atoms with Crippen LogP contribution in [0.2, 0.25) is 0 Å². The second kappa shape index (κ2) is 7.08. The minimum atomic E-state index is -0.473. The Morgan fingerprint density at radius 3 is 2.68 bits per heavy atom. The lowest BCUT2D eigenvalue weighted by Gasteiger charge is -2.08. The Kier molecular flexibility index (Phi) is 4.69. The van der Waals surface area contributed by atoms with Gasteiger partial charge in [-0.25, -0.2) is 0 Å². The number of benzene rings is 1. The average molecular weight is 343 g/mol. The zero-order valence-corrected chi connectivity index (χ0v) is 14.0. The van der Waals surface area contributed by atoms with E-state index in [1.54, 1.807) is 51.5 Å². The number of nitrogens with one attached hydrogen (secondary N) is 1. The average Bonchev–Trinajstić information content (AvgIpc) is 3.32. The van der Waals surface area contributed by atoms with Crippen LogP contribution in [0.1, 0.15) is 29.4 Å². The second-order valence-corrected chi connectivity index (χ2v) is 5.20. The Bertz CT molecular complexity index is 857. The normalized spacial score (nSPS) is 11.8. The van der Waals surface area contributed by atoms with E-state index in [0.29, 0.717) is 22.9 Å². The standard InChI is InChI=1S/C17H17N3O5/c1-10(18-16(21)13-5-4-8-24-13)17-19-15(20-25-17)11-6-7-12(22-2)14(9-11)23-3/h4-10H,1-3H3,(H,18,21)/t10-/m0/s1. The topological polar surface area (TPSA) is 99.6 Å². The maximum atomic E-state index is 12.0. The molecule has 0 fully saturated rings. The van der Waals surface area contributed by atoms with Crippen molar-refractivity contribution in [2.45, 2.75) is 13.0 Å². The molecular formula is C17H17N3O5. The van der Waals surface area contributed by atoms with Gasteiger partial charge in [0.25, 0.3) is 5.91 Å². The van der Waals surface area contributed by atoms with Gasteiger partial charge in [-0.3, -0.25) is 4.79 Å². The molecule has 0 aliphatic carbocycles. The van der Waals surface area contributed by atoms with Crippen LogP contribution in [0, 0.1) is 0 Å². The van der Waals surface area contributed by atoms with Crippen LogP contribution in [0.4, 0.5) is 0 Å². The summed E-state index contributed by atoms with van der Waals surface area (Å²) in [7, 11) is 3.11. The van der Waals surface area contributed by atoms with E-state index >= 15 is 0 Å². The third-order valence-corrected chi connectivity index (χ3v) is 3.55. The summed E-state index contributed by atoms with van der Waals surface area (Å²) in [5, 5.41) is 6.68. The predicted molar refractivity (Wildman–Crippen MR) is 87.4 cm³/mol. The number of rotatable bonds is 6. The van der Waals surface area contributed by atoms with Gasteiger partial charge in [0.15, 0.2) is 17.3 Å². The lowest BCUT2D eigenvalue weighted by Crippen LogP contribution is -2.26. The molecule has 1 aromatic carbocycles. The molecule has 2 aromatic heterocycles. The summed E-state index contributed by atoms with van der Waals surface area (Å²) in [5.41, 5.74) is 0.706. The molecule has 0 bridgehead atoms. The summed E-state index contributed by atoms with van der Waals surface area (Å²) in [6.07, 6.45) is 1.43. The fraction of sp³-hybridized carbons (Fsp3) is 0.235. The Morgan fingerprint density at radius 1 is 1.20 bits per heavy atom. The van der Waals surface area contributed by atoms with Crippen LogP contribution in [0.5, 0.6) is 11.5 Å². The molecule has 1 amide bonds. The van der Waals surface area contributed by atoms with E-state index in [1.807, 2.05) is 0 Å². The maximum absolute atomic E-state index is 12.0. The van der Waals surface area contributed by atoms with Gasteiger partial charge in [-0.1, -0.05) is 5.16 Å². The molecular weight excluding hydrogens is 326 g/mol. The summed E-state index contributed by atoms with van der Waals surface area (Å²) in [5.74, 6) is 1.69. The lowest BCUT2D eigenvalue weighted by molar-refractivity contribution is 0.0904. The highest BCUT2D eigenvalue weighted by Crippen LogP contribution is 2.31. The molecule has 0 aliphatic heterocycles. The SMILES string of the molecule is COc1ccc(-c2noc([C@H](C)NC(=O)c3ccco3)n2)cc1OC. The molecule has 130 valence electrons. The first-order valence-electron chi connectivity index (χ1n) is 7.52. The zero-order chi connectivity index (χ0) is 17.8. The summed E-state index contributed by atoms with van der Waals surface area (Å²) in [4.78, 5) is 16.3. The van der Waals surface area contributed by atoms with E-state index in [-0.39, 0.29) is 17.6 Å². The lowest BCUT2D eigenvalue weighted by atomic mass is 10.2. The van der Waals surface area contributed by atoms with Gasteiger partial charge < -0.3 is 23.7 Å². The number of ether oxygens (including phenoxy) is 2. The van der Waals surface area contributed by atoms with Crippen molar-refractivity contribution in [2.24, 2.45) is 0 Å². The number of furan rings is 1. The van der Waals surface area contributed by atoms with Crippen LogP contribution in [0.15, 0.2) is 45.5 Å². The smallest absolute Gasteiger partial charge is 0.287 e. The van der Waals surface area contributed by atoms with Crippen molar-refractivity contribution in [1.29, 1.82) is 0 Å². The first-order chi connectivity index (χ1) is 12.1. The Morgan fingerprint density at radius 2 is 2.00 bits per heavy atom. The number of carbonyl (C=O) groups is 1. The van der Waals surface area contributed by atoms with Gasteiger partial charge in [0.1, 0.15) is 6.04 Å². The van der Waals surface area contributed by atoms with Gasteiger partial charge in [0.2, 0.25) is 11.7 Å². The molecule has 0 spiro atoms. The third kappa shape index (κ3) is 3.47. The molecule has 1 N–H and O–H groups in total. The number of amides is 1. The number of methoxy groups -OCH3 is 2. The van der Waals surface area contributed by atoms with E-state index in [0.717, 1.165) is 0 Å². The van der Waals surface area contributed by atoms with Gasteiger partial charge in [0, 0.05) is 5.56 Å². The monoisotopic (exact) mass is 343 g/mol. The van der Waals surface area contributed by atoms with Crippen LogP contribution < -0.4 is 14.8 Å². The molecule has 3 aromatic rings. The minimum absolute atomic E-state index is 0.214. The van der Waals surface area contributed by atoms with E-state index in [9.17, 15) is 4.79 Å². The minimum Gasteiger partial charge on any atom is -0.493 e. The van der Waals surface area contributed by atoms with Crippen LogP contribution in [0.25, 0.3) is 11.4 Å². The van der Waals surface area contributed by atoms with Crippen molar-refractivity contribution < 1.29 is 23.2 Å². The largest absolute Gasteiger partial charge is 0.493 e. The summed E-state index contributed by atoms with van der Waals surface area (Å²) in [6.45, 7) is 1.74. The highest BCUT2D eigenvalue weighted by molar-refractivity contribution is 5.91. The number of carbonyl (C=O) groups excluding carboxylic acids is 1. The quantitative estimate of drug-likeness (QED) is 0.734. The van der Waals surface area contributed by atoms with E-state index in [2.05, 4.69) is 15.5 Å². The molecule has 1 atom stereocenters. The fourth-order valence-corrected chi connectivity index (χ4v) is 2.24. The van der Waals surface area contributed by atoms with Gasteiger partial charge in [0.05, 0.1) is 20.5 Å². The van der Waals surface area contributed by atoms with Crippen LogP contribution in [-0.4, -0.2) is 30.3 Å². The van der Waals surface area contributed by atoms with Gasteiger partial charge in [-0.2, -0.15) is 4.98 Å². The molecule has 0 unspecified atom stereocenters. The molecule has 25 heavy (non-hydrogen) atoms. The number of aromatic nitrogens is 2. The first kappa shape index (κ1) is 16.6. The molecule has 2 heterocycles. The number of nitrogens with zero attached hydrogens (tertiary/aromatic N) is 2. The third-order valence-electron chi connectivity index (χ3n) is 3.55. The fourth-order valence-electron chi connectivity index (χ4n) is 2.24. The van der Waals surface area contributed by atoms with E-state index < -0.39 is 6.04 Å². The maximum Gasteiger partial charge on any atom is 0.287 e. The van der Waals surface area contributed by atoms with Crippen molar-refractivity contribution in [1.82, 2.24) is 15.5 Å². The van der Waals surface area contributed by atoms with Crippen molar-refractivity contribution in [2.75, 3.05) is 14.2 Å². The predicted octanol–water partition coefficient (Wildman–Crippen LogP) is 2.84. The van der Waals surface area contributed by atoms with Crippen molar-refractivity contribution in [3.63, 3.8) is 0 Å². The number of hydrogen-bond donors (Lipinski definition) is 1.